The van der Waals surface area contributed by atoms with E-state index in [0.717, 1.165) is 15.5 Å². The standard InChI is InChI=1S/C24H20N6O5/c1-27-22-21(23(32)28(2)24(27)33)29(13-25-22)12-20(31)30-16(18-8-5-9-34-18)11-15(26-30)19-10-14-6-3-4-7-17(14)35-19/h3-10,13,16H,11-12H2,1-2H3. The number of para-hydroxylation sites is 1. The lowest BCUT2D eigenvalue weighted by Gasteiger charge is -2.20. The van der Waals surface area contributed by atoms with Crippen LogP contribution in [0.25, 0.3) is 22.1 Å². The summed E-state index contributed by atoms with van der Waals surface area (Å²) >= 11 is 0. The van der Waals surface area contributed by atoms with E-state index in [1.807, 2.05) is 30.3 Å². The van der Waals surface area contributed by atoms with Gasteiger partial charge in [0.05, 0.1) is 12.6 Å². The van der Waals surface area contributed by atoms with Gasteiger partial charge in [-0.3, -0.25) is 18.7 Å². The molecule has 11 heteroatoms. The smallest absolute Gasteiger partial charge is 0.332 e. The summed E-state index contributed by atoms with van der Waals surface area (Å²) in [6, 6.07) is 12.6. The van der Waals surface area contributed by atoms with E-state index in [0.29, 0.717) is 23.7 Å². The number of imidazole rings is 1. The summed E-state index contributed by atoms with van der Waals surface area (Å²) in [4.78, 5) is 42.7. The first-order valence-electron chi connectivity index (χ1n) is 10.9. The third-order valence-corrected chi connectivity index (χ3v) is 6.27. The highest BCUT2D eigenvalue weighted by Crippen LogP contribution is 2.34. The molecule has 1 aliphatic heterocycles. The van der Waals surface area contributed by atoms with Gasteiger partial charge in [-0.25, -0.2) is 14.8 Å². The molecule has 6 rings (SSSR count). The maximum absolute atomic E-state index is 13.5. The van der Waals surface area contributed by atoms with Crippen LogP contribution in [0, 0.1) is 0 Å². The molecule has 1 atom stereocenters. The summed E-state index contributed by atoms with van der Waals surface area (Å²) < 4.78 is 15.3. The quantitative estimate of drug-likeness (QED) is 0.395. The van der Waals surface area contributed by atoms with E-state index in [1.165, 1.54) is 34.6 Å². The van der Waals surface area contributed by atoms with Gasteiger partial charge in [0.15, 0.2) is 16.9 Å². The first kappa shape index (κ1) is 20.9. The molecule has 11 nitrogen and oxygen atoms in total. The minimum absolute atomic E-state index is 0.165. The zero-order valence-electron chi connectivity index (χ0n) is 18.9. The van der Waals surface area contributed by atoms with Crippen molar-refractivity contribution in [1.29, 1.82) is 0 Å². The van der Waals surface area contributed by atoms with Crippen LogP contribution in [-0.4, -0.2) is 35.3 Å². The van der Waals surface area contributed by atoms with Crippen molar-refractivity contribution in [3.63, 3.8) is 0 Å². The highest BCUT2D eigenvalue weighted by atomic mass is 16.3. The number of carbonyl (C=O) groups excluding carboxylic acids is 1. The first-order chi connectivity index (χ1) is 16.9. The molecule has 0 fully saturated rings. The maximum atomic E-state index is 13.5. The monoisotopic (exact) mass is 472 g/mol. The SMILES string of the molecule is Cn1c(=O)c2c(ncn2CC(=O)N2N=C(c3cc4ccccc4o3)CC2c2ccco2)n(C)c1=O. The zero-order chi connectivity index (χ0) is 24.3. The predicted octanol–water partition coefficient (Wildman–Crippen LogP) is 2.15. The summed E-state index contributed by atoms with van der Waals surface area (Å²) in [5, 5.41) is 6.90. The number of benzene rings is 1. The number of hydrazone groups is 1. The van der Waals surface area contributed by atoms with Gasteiger partial charge in [0.25, 0.3) is 11.5 Å². The molecular formula is C24H20N6O5. The van der Waals surface area contributed by atoms with Crippen LogP contribution in [0.15, 0.2) is 78.6 Å². The van der Waals surface area contributed by atoms with Crippen molar-refractivity contribution in [3.8, 4) is 0 Å². The Balaban J connectivity index is 1.39. The van der Waals surface area contributed by atoms with Gasteiger partial charge in [0, 0.05) is 25.9 Å². The van der Waals surface area contributed by atoms with Crippen LogP contribution in [0.4, 0.5) is 0 Å². The van der Waals surface area contributed by atoms with E-state index in [2.05, 4.69) is 10.1 Å². The molecule has 176 valence electrons. The Morgan fingerprint density at radius 2 is 1.94 bits per heavy atom. The Hall–Kier alpha value is -4.67. The number of carbonyl (C=O) groups is 1. The van der Waals surface area contributed by atoms with Gasteiger partial charge >= 0.3 is 5.69 Å². The van der Waals surface area contributed by atoms with E-state index >= 15 is 0 Å². The van der Waals surface area contributed by atoms with E-state index in [1.54, 1.807) is 18.4 Å². The van der Waals surface area contributed by atoms with Crippen molar-refractivity contribution in [2.24, 2.45) is 19.2 Å². The fourth-order valence-electron chi connectivity index (χ4n) is 4.45. The molecule has 5 heterocycles. The summed E-state index contributed by atoms with van der Waals surface area (Å²) in [5.74, 6) is 0.796. The highest BCUT2D eigenvalue weighted by molar-refractivity contribution is 6.03. The fraction of sp³-hybridized carbons (Fsp3) is 0.208. The van der Waals surface area contributed by atoms with Crippen LogP contribution >= 0.6 is 0 Å². The second-order valence-corrected chi connectivity index (χ2v) is 8.42. The van der Waals surface area contributed by atoms with Gasteiger partial charge in [-0.15, -0.1) is 0 Å². The molecule has 1 aliphatic rings. The number of aryl methyl sites for hydroxylation is 1. The highest BCUT2D eigenvalue weighted by Gasteiger charge is 2.36. The minimum atomic E-state index is -0.524. The fourth-order valence-corrected chi connectivity index (χ4v) is 4.45. The summed E-state index contributed by atoms with van der Waals surface area (Å²) in [7, 11) is 2.92. The molecule has 1 unspecified atom stereocenters. The van der Waals surface area contributed by atoms with E-state index in [-0.39, 0.29) is 23.6 Å². The van der Waals surface area contributed by atoms with Crippen molar-refractivity contribution in [1.82, 2.24) is 23.7 Å². The molecule has 5 aromatic rings. The number of aromatic nitrogens is 4. The third-order valence-electron chi connectivity index (χ3n) is 6.27. The minimum Gasteiger partial charge on any atom is -0.467 e. The Morgan fingerprint density at radius 3 is 2.71 bits per heavy atom. The molecule has 1 amide bonds. The number of furan rings is 2. The Bertz CT molecular complexity index is 1720. The van der Waals surface area contributed by atoms with Gasteiger partial charge in [0.1, 0.15) is 29.6 Å². The number of nitrogens with zero attached hydrogens (tertiary/aromatic N) is 6. The number of hydrogen-bond acceptors (Lipinski definition) is 7. The van der Waals surface area contributed by atoms with E-state index < -0.39 is 17.3 Å². The lowest BCUT2D eigenvalue weighted by molar-refractivity contribution is -0.133. The number of fused-ring (bicyclic) bond motifs is 2. The topological polar surface area (TPSA) is 121 Å². The van der Waals surface area contributed by atoms with Gasteiger partial charge in [-0.2, -0.15) is 5.10 Å². The average molecular weight is 472 g/mol. The van der Waals surface area contributed by atoms with Crippen LogP contribution in [0.2, 0.25) is 0 Å². The summed E-state index contributed by atoms with van der Waals surface area (Å²) in [5.41, 5.74) is 0.709. The van der Waals surface area contributed by atoms with Gasteiger partial charge in [0.2, 0.25) is 0 Å². The molecule has 0 aliphatic carbocycles. The molecule has 35 heavy (non-hydrogen) atoms. The van der Waals surface area contributed by atoms with Crippen molar-refractivity contribution in [2.45, 2.75) is 19.0 Å². The van der Waals surface area contributed by atoms with Crippen molar-refractivity contribution in [2.75, 3.05) is 0 Å². The largest absolute Gasteiger partial charge is 0.467 e. The molecule has 4 aromatic heterocycles. The van der Waals surface area contributed by atoms with Gasteiger partial charge < -0.3 is 13.4 Å². The lowest BCUT2D eigenvalue weighted by atomic mass is 10.1. The van der Waals surface area contributed by atoms with Crippen molar-refractivity contribution < 1.29 is 13.6 Å². The Morgan fingerprint density at radius 1 is 1.11 bits per heavy atom. The molecule has 0 radical (unpaired) electrons. The Labute approximate surface area is 197 Å². The first-order valence-corrected chi connectivity index (χ1v) is 10.9. The lowest BCUT2D eigenvalue weighted by Crippen LogP contribution is -2.38. The van der Waals surface area contributed by atoms with Crippen molar-refractivity contribution in [3.05, 3.63) is 87.4 Å². The van der Waals surface area contributed by atoms with Gasteiger partial charge in [-0.05, 0) is 24.3 Å². The molecule has 0 spiro atoms. The molecule has 0 N–H and O–H groups in total. The molecule has 1 aromatic carbocycles. The number of hydrogen-bond donors (Lipinski definition) is 0. The summed E-state index contributed by atoms with van der Waals surface area (Å²) in [6.07, 6.45) is 3.33. The predicted molar refractivity (Wildman–Crippen MR) is 126 cm³/mol. The summed E-state index contributed by atoms with van der Waals surface area (Å²) in [6.45, 7) is -0.196. The molecular weight excluding hydrogens is 452 g/mol. The Kier molecular flexibility index (Phi) is 4.59. The maximum Gasteiger partial charge on any atom is 0.332 e. The zero-order valence-corrected chi connectivity index (χ0v) is 18.9. The van der Waals surface area contributed by atoms with Crippen LogP contribution in [0.5, 0.6) is 0 Å². The normalized spacial score (nSPS) is 15.9. The van der Waals surface area contributed by atoms with Crippen molar-refractivity contribution >= 4 is 33.8 Å². The number of amides is 1. The van der Waals surface area contributed by atoms with E-state index in [9.17, 15) is 14.4 Å². The molecule has 0 bridgehead atoms. The number of rotatable bonds is 4. The van der Waals surface area contributed by atoms with E-state index in [4.69, 9.17) is 8.83 Å². The van der Waals surface area contributed by atoms with Crippen LogP contribution in [-0.2, 0) is 25.4 Å². The second-order valence-electron chi connectivity index (χ2n) is 8.42. The van der Waals surface area contributed by atoms with Crippen LogP contribution in [0.3, 0.4) is 0 Å². The second kappa shape index (κ2) is 7.69. The third kappa shape index (κ3) is 3.23. The molecule has 0 saturated carbocycles. The van der Waals surface area contributed by atoms with Crippen LogP contribution < -0.4 is 11.2 Å². The van der Waals surface area contributed by atoms with Gasteiger partial charge in [-0.1, -0.05) is 18.2 Å². The average Bonchev–Trinajstić information content (AvgIpc) is 3.65. The molecule has 0 saturated heterocycles. The van der Waals surface area contributed by atoms with Crippen LogP contribution in [0.1, 0.15) is 24.0 Å².